The summed E-state index contributed by atoms with van der Waals surface area (Å²) >= 11 is 13.8. The van der Waals surface area contributed by atoms with E-state index in [-0.39, 0.29) is 12.4 Å². The van der Waals surface area contributed by atoms with Crippen molar-refractivity contribution < 1.29 is 9.53 Å². The summed E-state index contributed by atoms with van der Waals surface area (Å²) in [5.74, 6) is -0.249. The number of aryl methyl sites for hydroxylation is 1. The average molecular weight is 457 g/mol. The molecular formula is C23H18Cl2N2O2S. The standard InChI is InChI=1S/C23H18Cl2N2O2S/c1-3-29-20(28)12-17-13(2)10-18-22(21(17)14-4-6-16(24)7-5-14)30-23(27-18)15-8-9-26-19(25)11-15/h4-11H,3,12H2,1-2H3. The molecule has 2 aromatic heterocycles. The number of halogens is 2. The highest BCUT2D eigenvalue weighted by molar-refractivity contribution is 7.22. The second-order valence-corrected chi connectivity index (χ2v) is 8.59. The molecule has 0 unspecified atom stereocenters. The molecule has 0 aliphatic rings. The van der Waals surface area contributed by atoms with Gasteiger partial charge in [-0.05, 0) is 60.9 Å². The van der Waals surface area contributed by atoms with Crippen LogP contribution in [-0.4, -0.2) is 22.5 Å². The van der Waals surface area contributed by atoms with E-state index >= 15 is 0 Å². The van der Waals surface area contributed by atoms with Crippen LogP contribution in [-0.2, 0) is 16.0 Å². The van der Waals surface area contributed by atoms with Crippen LogP contribution in [0.2, 0.25) is 10.2 Å². The summed E-state index contributed by atoms with van der Waals surface area (Å²) in [5, 5.41) is 1.92. The highest BCUT2D eigenvalue weighted by Crippen LogP contribution is 2.41. The lowest BCUT2D eigenvalue weighted by atomic mass is 9.93. The Morgan fingerprint density at radius 1 is 1.10 bits per heavy atom. The Morgan fingerprint density at radius 2 is 1.87 bits per heavy atom. The van der Waals surface area contributed by atoms with Crippen molar-refractivity contribution in [1.29, 1.82) is 0 Å². The van der Waals surface area contributed by atoms with E-state index in [9.17, 15) is 4.79 Å². The Labute approximate surface area is 188 Å². The number of esters is 1. The van der Waals surface area contributed by atoms with Gasteiger partial charge in [0.15, 0.2) is 0 Å². The molecule has 152 valence electrons. The predicted molar refractivity (Wildman–Crippen MR) is 123 cm³/mol. The first kappa shape index (κ1) is 20.8. The molecular weight excluding hydrogens is 439 g/mol. The number of fused-ring (bicyclic) bond motifs is 1. The summed E-state index contributed by atoms with van der Waals surface area (Å²) in [4.78, 5) is 21.2. The number of carbonyl (C=O) groups is 1. The molecule has 0 radical (unpaired) electrons. The number of rotatable bonds is 5. The van der Waals surface area contributed by atoms with Gasteiger partial charge in [0.1, 0.15) is 10.2 Å². The van der Waals surface area contributed by atoms with Crippen molar-refractivity contribution in [3.8, 4) is 21.7 Å². The van der Waals surface area contributed by atoms with Crippen LogP contribution in [0.25, 0.3) is 31.9 Å². The lowest BCUT2D eigenvalue weighted by Gasteiger charge is -2.14. The van der Waals surface area contributed by atoms with Gasteiger partial charge < -0.3 is 4.74 Å². The Morgan fingerprint density at radius 3 is 2.57 bits per heavy atom. The third-order valence-electron chi connectivity index (χ3n) is 4.74. The number of hydrogen-bond donors (Lipinski definition) is 0. The maximum Gasteiger partial charge on any atom is 0.310 e. The van der Waals surface area contributed by atoms with Gasteiger partial charge in [-0.1, -0.05) is 35.3 Å². The Hall–Kier alpha value is -2.47. The van der Waals surface area contributed by atoms with Crippen LogP contribution in [0.3, 0.4) is 0 Å². The van der Waals surface area contributed by atoms with Gasteiger partial charge in [0, 0.05) is 22.3 Å². The van der Waals surface area contributed by atoms with Gasteiger partial charge in [0.05, 0.1) is 23.2 Å². The van der Waals surface area contributed by atoms with Gasteiger partial charge >= 0.3 is 5.97 Å². The number of nitrogens with zero attached hydrogens (tertiary/aromatic N) is 2. The van der Waals surface area contributed by atoms with E-state index in [1.807, 2.05) is 50.2 Å². The molecule has 0 saturated heterocycles. The van der Waals surface area contributed by atoms with E-state index in [4.69, 9.17) is 32.9 Å². The largest absolute Gasteiger partial charge is 0.466 e. The average Bonchev–Trinajstić information content (AvgIpc) is 3.13. The van der Waals surface area contributed by atoms with Crippen LogP contribution in [0.5, 0.6) is 0 Å². The van der Waals surface area contributed by atoms with Gasteiger partial charge in [-0.2, -0.15) is 0 Å². The summed E-state index contributed by atoms with van der Waals surface area (Å²) in [6, 6.07) is 13.3. The predicted octanol–water partition coefficient (Wildman–Crippen LogP) is 6.75. The number of aromatic nitrogens is 2. The molecule has 0 spiro atoms. The monoisotopic (exact) mass is 456 g/mol. The first-order chi connectivity index (χ1) is 14.5. The van der Waals surface area contributed by atoms with Crippen molar-refractivity contribution >= 4 is 50.7 Å². The van der Waals surface area contributed by atoms with E-state index in [0.717, 1.165) is 43.0 Å². The topological polar surface area (TPSA) is 52.1 Å². The van der Waals surface area contributed by atoms with E-state index < -0.39 is 0 Å². The fourth-order valence-corrected chi connectivity index (χ4v) is 4.83. The summed E-state index contributed by atoms with van der Waals surface area (Å²) < 4.78 is 6.22. The lowest BCUT2D eigenvalue weighted by molar-refractivity contribution is -0.142. The zero-order valence-corrected chi connectivity index (χ0v) is 18.7. The molecule has 0 bridgehead atoms. The second kappa shape index (κ2) is 8.72. The number of hydrogen-bond acceptors (Lipinski definition) is 5. The molecule has 0 aliphatic heterocycles. The Bertz CT molecular complexity index is 1240. The second-order valence-electron chi connectivity index (χ2n) is 6.77. The molecule has 0 aliphatic carbocycles. The minimum atomic E-state index is -0.249. The first-order valence-corrected chi connectivity index (χ1v) is 11.0. The quantitative estimate of drug-likeness (QED) is 0.246. The Kier molecular flexibility index (Phi) is 6.04. The maximum atomic E-state index is 12.3. The minimum absolute atomic E-state index is 0.196. The number of carbonyl (C=O) groups excluding carboxylic acids is 1. The van der Waals surface area contributed by atoms with Crippen LogP contribution < -0.4 is 0 Å². The van der Waals surface area contributed by atoms with E-state index in [0.29, 0.717) is 16.8 Å². The molecule has 7 heteroatoms. The van der Waals surface area contributed by atoms with Crippen LogP contribution in [0.1, 0.15) is 18.1 Å². The SMILES string of the molecule is CCOC(=O)Cc1c(C)cc2nc(-c3ccnc(Cl)c3)sc2c1-c1ccc(Cl)cc1. The summed E-state index contributed by atoms with van der Waals surface area (Å²) in [6.07, 6.45) is 1.86. The maximum absolute atomic E-state index is 12.3. The fourth-order valence-electron chi connectivity index (χ4n) is 3.40. The molecule has 0 amide bonds. The molecule has 0 fully saturated rings. The molecule has 4 rings (SSSR count). The lowest BCUT2D eigenvalue weighted by Crippen LogP contribution is -2.09. The van der Waals surface area contributed by atoms with Gasteiger partial charge in [-0.3, -0.25) is 4.79 Å². The van der Waals surface area contributed by atoms with Crippen LogP contribution in [0, 0.1) is 6.92 Å². The van der Waals surface area contributed by atoms with Crippen molar-refractivity contribution in [3.63, 3.8) is 0 Å². The Balaban J connectivity index is 1.95. The van der Waals surface area contributed by atoms with Crippen molar-refractivity contribution in [2.75, 3.05) is 6.61 Å². The molecule has 30 heavy (non-hydrogen) atoms. The molecule has 2 aromatic carbocycles. The summed E-state index contributed by atoms with van der Waals surface area (Å²) in [5.41, 5.74) is 5.67. The third kappa shape index (κ3) is 4.19. The van der Waals surface area contributed by atoms with Gasteiger partial charge in [-0.15, -0.1) is 11.3 Å². The molecule has 4 nitrogen and oxygen atoms in total. The van der Waals surface area contributed by atoms with Gasteiger partial charge in [-0.25, -0.2) is 9.97 Å². The van der Waals surface area contributed by atoms with E-state index in [2.05, 4.69) is 4.98 Å². The number of ether oxygens (including phenoxy) is 1. The third-order valence-corrected chi connectivity index (χ3v) is 6.34. The van der Waals surface area contributed by atoms with Crippen molar-refractivity contribution in [3.05, 3.63) is 70.0 Å². The number of pyridine rings is 1. The summed E-state index contributed by atoms with van der Waals surface area (Å²) in [7, 11) is 0. The molecule has 0 saturated carbocycles. The molecule has 4 aromatic rings. The number of thiazole rings is 1. The van der Waals surface area contributed by atoms with E-state index in [1.54, 1.807) is 23.6 Å². The van der Waals surface area contributed by atoms with Crippen LogP contribution >= 0.6 is 34.5 Å². The van der Waals surface area contributed by atoms with Crippen LogP contribution in [0.15, 0.2) is 48.7 Å². The zero-order chi connectivity index (χ0) is 21.3. The summed E-state index contributed by atoms with van der Waals surface area (Å²) in [6.45, 7) is 4.16. The molecule has 2 heterocycles. The van der Waals surface area contributed by atoms with Crippen molar-refractivity contribution in [1.82, 2.24) is 9.97 Å². The molecule has 0 N–H and O–H groups in total. The van der Waals surface area contributed by atoms with E-state index in [1.165, 1.54) is 0 Å². The van der Waals surface area contributed by atoms with Crippen molar-refractivity contribution in [2.24, 2.45) is 0 Å². The highest BCUT2D eigenvalue weighted by Gasteiger charge is 2.20. The first-order valence-electron chi connectivity index (χ1n) is 9.42. The fraction of sp³-hybridized carbons (Fsp3) is 0.174. The van der Waals surface area contributed by atoms with Crippen LogP contribution in [0.4, 0.5) is 0 Å². The van der Waals surface area contributed by atoms with Gasteiger partial charge in [0.25, 0.3) is 0 Å². The van der Waals surface area contributed by atoms with Gasteiger partial charge in [0.2, 0.25) is 0 Å². The minimum Gasteiger partial charge on any atom is -0.466 e. The highest BCUT2D eigenvalue weighted by atomic mass is 35.5. The normalized spacial score (nSPS) is 11.1. The molecule has 0 atom stereocenters. The number of benzene rings is 2. The smallest absolute Gasteiger partial charge is 0.310 e. The van der Waals surface area contributed by atoms with Crippen molar-refractivity contribution in [2.45, 2.75) is 20.3 Å². The zero-order valence-electron chi connectivity index (χ0n) is 16.4.